The summed E-state index contributed by atoms with van der Waals surface area (Å²) in [6, 6.07) is 4.88. The van der Waals surface area contributed by atoms with Gasteiger partial charge in [0, 0.05) is 5.69 Å². The maximum absolute atomic E-state index is 11.5. The van der Waals surface area contributed by atoms with Crippen molar-refractivity contribution in [1.29, 1.82) is 0 Å². The highest BCUT2D eigenvalue weighted by Crippen LogP contribution is 2.24. The minimum atomic E-state index is -0.394. The van der Waals surface area contributed by atoms with Crippen molar-refractivity contribution in [2.75, 3.05) is 11.1 Å². The van der Waals surface area contributed by atoms with Gasteiger partial charge in [0.25, 0.3) is 11.8 Å². The summed E-state index contributed by atoms with van der Waals surface area (Å²) in [5.74, 6) is 0.825. The van der Waals surface area contributed by atoms with E-state index >= 15 is 0 Å². The molecule has 0 atom stereocenters. The van der Waals surface area contributed by atoms with Gasteiger partial charge in [-0.05, 0) is 25.1 Å². The van der Waals surface area contributed by atoms with Gasteiger partial charge in [0.05, 0.1) is 11.1 Å². The first kappa shape index (κ1) is 11.3. The maximum atomic E-state index is 11.5. The highest BCUT2D eigenvalue weighted by Gasteiger charge is 2.26. The number of anilines is 3. The van der Waals surface area contributed by atoms with E-state index in [2.05, 4.69) is 20.6 Å². The van der Waals surface area contributed by atoms with Crippen molar-refractivity contribution in [1.82, 2.24) is 15.3 Å². The number of imidazole rings is 1. The summed E-state index contributed by atoms with van der Waals surface area (Å²) in [6.45, 7) is 1.79. The highest BCUT2D eigenvalue weighted by molar-refractivity contribution is 6.21. The number of nitrogens with two attached hydrogens (primary N) is 1. The van der Waals surface area contributed by atoms with Crippen LogP contribution in [0.4, 0.5) is 17.3 Å². The van der Waals surface area contributed by atoms with E-state index in [1.54, 1.807) is 25.1 Å². The summed E-state index contributed by atoms with van der Waals surface area (Å²) >= 11 is 0. The Morgan fingerprint density at radius 1 is 1.21 bits per heavy atom. The summed E-state index contributed by atoms with van der Waals surface area (Å²) in [7, 11) is 0. The average molecular weight is 257 g/mol. The molecule has 1 aliphatic heterocycles. The number of rotatable bonds is 2. The molecule has 0 radical (unpaired) electrons. The maximum Gasteiger partial charge on any atom is 0.259 e. The SMILES string of the molecule is Cc1nc(Nc2ccc3c(c2)C(=O)NC3=O)c(N)[nH]1. The zero-order valence-corrected chi connectivity index (χ0v) is 10.1. The molecule has 5 N–H and O–H groups in total. The molecule has 7 heteroatoms. The number of nitrogens with zero attached hydrogens (tertiary/aromatic N) is 1. The highest BCUT2D eigenvalue weighted by atomic mass is 16.2. The number of aryl methyl sites for hydroxylation is 1. The fraction of sp³-hybridized carbons (Fsp3) is 0.0833. The van der Waals surface area contributed by atoms with E-state index in [9.17, 15) is 9.59 Å². The average Bonchev–Trinajstić information content (AvgIpc) is 2.81. The molecular formula is C12H11N5O2. The molecule has 0 spiro atoms. The van der Waals surface area contributed by atoms with E-state index in [-0.39, 0.29) is 5.91 Å². The molecule has 0 bridgehead atoms. The van der Waals surface area contributed by atoms with E-state index in [0.717, 1.165) is 0 Å². The molecule has 2 aromatic rings. The number of amides is 2. The van der Waals surface area contributed by atoms with Crippen molar-refractivity contribution in [3.05, 3.63) is 35.2 Å². The number of hydrogen-bond acceptors (Lipinski definition) is 5. The Morgan fingerprint density at radius 2 is 1.95 bits per heavy atom. The number of aromatic nitrogens is 2. The summed E-state index contributed by atoms with van der Waals surface area (Å²) in [6.07, 6.45) is 0. The predicted octanol–water partition coefficient (Wildman–Crippen LogP) is 0.928. The van der Waals surface area contributed by atoms with Crippen LogP contribution in [0.25, 0.3) is 0 Å². The number of carbonyl (C=O) groups is 2. The van der Waals surface area contributed by atoms with Crippen LogP contribution in [-0.4, -0.2) is 21.8 Å². The van der Waals surface area contributed by atoms with Gasteiger partial charge in [-0.3, -0.25) is 14.9 Å². The molecule has 1 aromatic heterocycles. The van der Waals surface area contributed by atoms with Gasteiger partial charge >= 0.3 is 0 Å². The smallest absolute Gasteiger partial charge is 0.259 e. The molecule has 7 nitrogen and oxygen atoms in total. The molecule has 2 amide bonds. The van der Waals surface area contributed by atoms with Gasteiger partial charge < -0.3 is 16.0 Å². The third-order valence-corrected chi connectivity index (χ3v) is 2.85. The number of H-pyrrole nitrogens is 1. The molecule has 19 heavy (non-hydrogen) atoms. The van der Waals surface area contributed by atoms with Gasteiger partial charge in [-0.25, -0.2) is 4.98 Å². The van der Waals surface area contributed by atoms with Crippen molar-refractivity contribution in [3.63, 3.8) is 0 Å². The summed E-state index contributed by atoms with van der Waals surface area (Å²) in [4.78, 5) is 30.0. The number of carbonyl (C=O) groups excluding carboxylic acids is 2. The van der Waals surface area contributed by atoms with Crippen LogP contribution in [0.5, 0.6) is 0 Å². The number of fused-ring (bicyclic) bond motifs is 1. The Bertz CT molecular complexity index is 704. The van der Waals surface area contributed by atoms with E-state index in [1.165, 1.54) is 0 Å². The van der Waals surface area contributed by atoms with Gasteiger partial charge in [-0.15, -0.1) is 0 Å². The van der Waals surface area contributed by atoms with Gasteiger partial charge in [0.2, 0.25) is 0 Å². The summed E-state index contributed by atoms with van der Waals surface area (Å²) in [5, 5.41) is 5.24. The first-order valence-corrected chi connectivity index (χ1v) is 5.63. The minimum absolute atomic E-state index is 0.348. The minimum Gasteiger partial charge on any atom is -0.382 e. The third kappa shape index (κ3) is 1.81. The fourth-order valence-electron chi connectivity index (χ4n) is 1.99. The zero-order valence-electron chi connectivity index (χ0n) is 10.1. The number of hydrogen-bond donors (Lipinski definition) is 4. The largest absolute Gasteiger partial charge is 0.382 e. The molecule has 2 heterocycles. The standard InChI is InChI=1S/C12H11N5O2/c1-5-14-9(13)10(15-5)16-6-2-3-7-8(4-6)12(19)17-11(7)18/h2-4,16H,13H2,1H3,(H,14,15)(H,17,18,19). The molecular weight excluding hydrogens is 246 g/mol. The van der Waals surface area contributed by atoms with Crippen LogP contribution in [0.1, 0.15) is 26.5 Å². The summed E-state index contributed by atoms with van der Waals surface area (Å²) in [5.41, 5.74) is 7.10. The van der Waals surface area contributed by atoms with Crippen molar-refractivity contribution < 1.29 is 9.59 Å². The van der Waals surface area contributed by atoms with Crippen LogP contribution < -0.4 is 16.4 Å². The number of nitrogens with one attached hydrogen (secondary N) is 3. The predicted molar refractivity (Wildman–Crippen MR) is 69.3 cm³/mol. The van der Waals surface area contributed by atoms with Crippen LogP contribution >= 0.6 is 0 Å². The second kappa shape index (κ2) is 3.84. The van der Waals surface area contributed by atoms with Crippen LogP contribution in [0.3, 0.4) is 0 Å². The number of aromatic amines is 1. The van der Waals surface area contributed by atoms with Crippen LogP contribution in [0.15, 0.2) is 18.2 Å². The third-order valence-electron chi connectivity index (χ3n) is 2.85. The van der Waals surface area contributed by atoms with E-state index in [1.807, 2.05) is 0 Å². The zero-order chi connectivity index (χ0) is 13.6. The van der Waals surface area contributed by atoms with E-state index < -0.39 is 5.91 Å². The number of benzene rings is 1. The molecule has 3 rings (SSSR count). The Balaban J connectivity index is 1.95. The lowest BCUT2D eigenvalue weighted by molar-refractivity contribution is 0.0879. The van der Waals surface area contributed by atoms with Crippen LogP contribution in [0.2, 0.25) is 0 Å². The number of nitrogen functional groups attached to an aromatic ring is 1. The van der Waals surface area contributed by atoms with Gasteiger partial charge in [-0.2, -0.15) is 0 Å². The first-order chi connectivity index (χ1) is 9.04. The summed E-state index contributed by atoms with van der Waals surface area (Å²) < 4.78 is 0. The lowest BCUT2D eigenvalue weighted by Gasteiger charge is -2.05. The molecule has 1 aromatic carbocycles. The Labute approximate surface area is 108 Å². The van der Waals surface area contributed by atoms with E-state index in [4.69, 9.17) is 5.73 Å². The van der Waals surface area contributed by atoms with E-state index in [0.29, 0.717) is 34.3 Å². The molecule has 96 valence electrons. The monoisotopic (exact) mass is 257 g/mol. The van der Waals surface area contributed by atoms with Gasteiger partial charge in [0.1, 0.15) is 11.6 Å². The van der Waals surface area contributed by atoms with Crippen molar-refractivity contribution >= 4 is 29.1 Å². The Morgan fingerprint density at radius 3 is 2.63 bits per heavy atom. The van der Waals surface area contributed by atoms with Gasteiger partial charge in [0.15, 0.2) is 5.82 Å². The molecule has 0 unspecified atom stereocenters. The second-order valence-corrected chi connectivity index (χ2v) is 4.25. The number of imide groups is 1. The quantitative estimate of drug-likeness (QED) is 0.598. The molecule has 1 aliphatic rings. The molecule has 0 aliphatic carbocycles. The van der Waals surface area contributed by atoms with Crippen LogP contribution in [0, 0.1) is 6.92 Å². The fourth-order valence-corrected chi connectivity index (χ4v) is 1.99. The van der Waals surface area contributed by atoms with Crippen molar-refractivity contribution in [2.45, 2.75) is 6.92 Å². The molecule has 0 fully saturated rings. The lowest BCUT2D eigenvalue weighted by atomic mass is 10.1. The topological polar surface area (TPSA) is 113 Å². The normalized spacial score (nSPS) is 13.3. The Kier molecular flexibility index (Phi) is 2.28. The van der Waals surface area contributed by atoms with Crippen molar-refractivity contribution in [2.24, 2.45) is 0 Å². The lowest BCUT2D eigenvalue weighted by Crippen LogP contribution is -2.19. The van der Waals surface area contributed by atoms with Crippen LogP contribution in [-0.2, 0) is 0 Å². The van der Waals surface area contributed by atoms with Crippen molar-refractivity contribution in [3.8, 4) is 0 Å². The molecule has 0 saturated carbocycles. The second-order valence-electron chi connectivity index (χ2n) is 4.25. The first-order valence-electron chi connectivity index (χ1n) is 5.63. The Hall–Kier alpha value is -2.83. The molecule has 0 saturated heterocycles. The van der Waals surface area contributed by atoms with Gasteiger partial charge in [-0.1, -0.05) is 0 Å².